The Kier molecular flexibility index (Phi) is 1.22. The van der Waals surface area contributed by atoms with Gasteiger partial charge < -0.3 is 20.1 Å². The van der Waals surface area contributed by atoms with Gasteiger partial charge in [0.15, 0.2) is 5.60 Å². The standard InChI is InChI=1S/C6H8N2O4/c9-4-7-1-6(12-4)2-8(3-6)5(10)11/h1-3H2,(H,7,9)(H,10,11). The zero-order chi connectivity index (χ0) is 8.77. The normalized spacial score (nSPS) is 24.7. The molecule has 6 heteroatoms. The molecule has 0 aromatic rings. The average Bonchev–Trinajstić information content (AvgIpc) is 2.27. The molecule has 12 heavy (non-hydrogen) atoms. The molecule has 2 heterocycles. The summed E-state index contributed by atoms with van der Waals surface area (Å²) in [6.07, 6.45) is -1.43. The molecule has 0 atom stereocenters. The second-order valence-corrected chi connectivity index (χ2v) is 3.06. The maximum Gasteiger partial charge on any atom is 0.408 e. The first kappa shape index (κ1) is 7.20. The van der Waals surface area contributed by atoms with Gasteiger partial charge >= 0.3 is 12.2 Å². The van der Waals surface area contributed by atoms with Gasteiger partial charge in [0.2, 0.25) is 0 Å². The van der Waals surface area contributed by atoms with Gasteiger partial charge in [-0.05, 0) is 0 Å². The van der Waals surface area contributed by atoms with Crippen LogP contribution < -0.4 is 5.32 Å². The SMILES string of the molecule is O=C1NCC2(CN(C(=O)O)C2)O1. The van der Waals surface area contributed by atoms with Gasteiger partial charge in [-0.1, -0.05) is 0 Å². The van der Waals surface area contributed by atoms with E-state index in [1.807, 2.05) is 0 Å². The number of hydrogen-bond donors (Lipinski definition) is 2. The summed E-state index contributed by atoms with van der Waals surface area (Å²) in [4.78, 5) is 22.2. The van der Waals surface area contributed by atoms with Crippen molar-refractivity contribution in [3.05, 3.63) is 0 Å². The Hall–Kier alpha value is -1.46. The van der Waals surface area contributed by atoms with Gasteiger partial charge in [0.1, 0.15) is 0 Å². The maximum absolute atomic E-state index is 10.6. The maximum atomic E-state index is 10.6. The summed E-state index contributed by atoms with van der Waals surface area (Å²) in [6.45, 7) is 0.970. The number of carbonyl (C=O) groups is 2. The quantitative estimate of drug-likeness (QED) is 0.514. The first-order valence-electron chi connectivity index (χ1n) is 3.56. The molecule has 2 saturated heterocycles. The van der Waals surface area contributed by atoms with Crippen LogP contribution in [0.2, 0.25) is 0 Å². The van der Waals surface area contributed by atoms with Gasteiger partial charge in [0.05, 0.1) is 19.6 Å². The molecule has 0 aromatic heterocycles. The van der Waals surface area contributed by atoms with E-state index in [1.54, 1.807) is 0 Å². The first-order valence-corrected chi connectivity index (χ1v) is 3.56. The van der Waals surface area contributed by atoms with Crippen LogP contribution >= 0.6 is 0 Å². The molecule has 66 valence electrons. The number of nitrogens with zero attached hydrogens (tertiary/aromatic N) is 1. The number of amides is 2. The summed E-state index contributed by atoms with van der Waals surface area (Å²) >= 11 is 0. The Labute approximate surface area is 68.1 Å². The second-order valence-electron chi connectivity index (χ2n) is 3.06. The van der Waals surface area contributed by atoms with Crippen molar-refractivity contribution in [3.8, 4) is 0 Å². The van der Waals surface area contributed by atoms with E-state index >= 15 is 0 Å². The average molecular weight is 172 g/mol. The molecule has 0 aliphatic carbocycles. The van der Waals surface area contributed by atoms with Gasteiger partial charge in [-0.2, -0.15) is 0 Å². The fourth-order valence-corrected chi connectivity index (χ4v) is 1.46. The zero-order valence-electron chi connectivity index (χ0n) is 6.24. The third kappa shape index (κ3) is 0.876. The number of nitrogens with one attached hydrogen (secondary N) is 1. The van der Waals surface area contributed by atoms with E-state index in [1.165, 1.54) is 4.90 Å². The van der Waals surface area contributed by atoms with E-state index in [4.69, 9.17) is 9.84 Å². The smallest absolute Gasteiger partial charge is 0.408 e. The lowest BCUT2D eigenvalue weighted by atomic mass is 9.95. The molecule has 2 aliphatic heterocycles. The molecule has 2 fully saturated rings. The van der Waals surface area contributed by atoms with E-state index in [9.17, 15) is 9.59 Å². The van der Waals surface area contributed by atoms with Crippen molar-refractivity contribution >= 4 is 12.2 Å². The minimum Gasteiger partial charge on any atom is -0.465 e. The monoisotopic (exact) mass is 172 g/mol. The molecular weight excluding hydrogens is 164 g/mol. The molecule has 2 amide bonds. The van der Waals surface area contributed by atoms with Gasteiger partial charge in [0, 0.05) is 0 Å². The van der Waals surface area contributed by atoms with Crippen molar-refractivity contribution in [1.82, 2.24) is 10.2 Å². The lowest BCUT2D eigenvalue weighted by Gasteiger charge is -2.43. The van der Waals surface area contributed by atoms with Crippen LogP contribution in [-0.4, -0.2) is 47.4 Å². The summed E-state index contributed by atoms with van der Waals surface area (Å²) in [5.74, 6) is 0. The van der Waals surface area contributed by atoms with Crippen molar-refractivity contribution in [1.29, 1.82) is 0 Å². The molecule has 0 radical (unpaired) electrons. The summed E-state index contributed by atoms with van der Waals surface area (Å²) < 4.78 is 4.91. The summed E-state index contributed by atoms with van der Waals surface area (Å²) in [7, 11) is 0. The highest BCUT2D eigenvalue weighted by Crippen LogP contribution is 2.27. The van der Waals surface area contributed by atoms with E-state index in [0.29, 0.717) is 6.54 Å². The number of ether oxygens (including phenoxy) is 1. The van der Waals surface area contributed by atoms with Crippen LogP contribution in [0.25, 0.3) is 0 Å². The van der Waals surface area contributed by atoms with Crippen molar-refractivity contribution < 1.29 is 19.4 Å². The topological polar surface area (TPSA) is 78.9 Å². The minimum absolute atomic E-state index is 0.279. The first-order chi connectivity index (χ1) is 5.61. The third-order valence-corrected chi connectivity index (χ3v) is 2.09. The number of likely N-dealkylation sites (tertiary alicyclic amines) is 1. The Morgan fingerprint density at radius 1 is 1.67 bits per heavy atom. The summed E-state index contributed by atoms with van der Waals surface area (Å²) in [5.41, 5.74) is -0.574. The molecule has 6 nitrogen and oxygen atoms in total. The highest BCUT2D eigenvalue weighted by atomic mass is 16.6. The van der Waals surface area contributed by atoms with Gasteiger partial charge in [0.25, 0.3) is 0 Å². The van der Waals surface area contributed by atoms with E-state index < -0.39 is 17.8 Å². The number of hydrogen-bond acceptors (Lipinski definition) is 3. The number of rotatable bonds is 0. The molecule has 2 aliphatic rings. The Morgan fingerprint density at radius 3 is 2.75 bits per heavy atom. The molecule has 2 N–H and O–H groups in total. The Balaban J connectivity index is 1.95. The number of carboxylic acid groups (broad SMARTS) is 1. The molecule has 2 rings (SSSR count). The second kappa shape index (κ2) is 2.02. The van der Waals surface area contributed by atoms with Crippen molar-refractivity contribution in [3.63, 3.8) is 0 Å². The predicted octanol–water partition coefficient (Wildman–Crippen LogP) is -0.541. The number of alkyl carbamates (subject to hydrolysis) is 1. The Morgan fingerprint density at radius 2 is 2.33 bits per heavy atom. The van der Waals surface area contributed by atoms with Crippen LogP contribution in [0.5, 0.6) is 0 Å². The van der Waals surface area contributed by atoms with Crippen LogP contribution in [0.15, 0.2) is 0 Å². The number of carbonyl (C=O) groups excluding carboxylic acids is 1. The highest BCUT2D eigenvalue weighted by molar-refractivity contribution is 5.72. The summed E-state index contributed by atoms with van der Waals surface area (Å²) in [6, 6.07) is 0. The fourth-order valence-electron chi connectivity index (χ4n) is 1.46. The lowest BCUT2D eigenvalue weighted by molar-refractivity contribution is -0.0602. The molecule has 0 aromatic carbocycles. The van der Waals surface area contributed by atoms with Crippen LogP contribution in [0.3, 0.4) is 0 Å². The van der Waals surface area contributed by atoms with E-state index in [0.717, 1.165) is 0 Å². The highest BCUT2D eigenvalue weighted by Gasteiger charge is 2.52. The molecule has 0 bridgehead atoms. The van der Waals surface area contributed by atoms with Crippen molar-refractivity contribution in [2.45, 2.75) is 5.60 Å². The van der Waals surface area contributed by atoms with Crippen LogP contribution in [-0.2, 0) is 4.74 Å². The van der Waals surface area contributed by atoms with Crippen molar-refractivity contribution in [2.24, 2.45) is 0 Å². The molecule has 0 saturated carbocycles. The molecular formula is C6H8N2O4. The van der Waals surface area contributed by atoms with E-state index in [2.05, 4.69) is 5.32 Å². The van der Waals surface area contributed by atoms with Crippen LogP contribution in [0, 0.1) is 0 Å². The largest absolute Gasteiger partial charge is 0.465 e. The Bertz CT molecular complexity index is 246. The van der Waals surface area contributed by atoms with Gasteiger partial charge in [-0.15, -0.1) is 0 Å². The lowest BCUT2D eigenvalue weighted by Crippen LogP contribution is -2.65. The van der Waals surface area contributed by atoms with Crippen LogP contribution in [0.4, 0.5) is 9.59 Å². The predicted molar refractivity (Wildman–Crippen MR) is 36.8 cm³/mol. The van der Waals surface area contributed by atoms with E-state index in [-0.39, 0.29) is 13.1 Å². The zero-order valence-corrected chi connectivity index (χ0v) is 6.24. The fraction of sp³-hybridized carbons (Fsp3) is 0.667. The summed E-state index contributed by atoms with van der Waals surface area (Å²) in [5, 5.41) is 11.0. The van der Waals surface area contributed by atoms with Gasteiger partial charge in [-0.3, -0.25) is 0 Å². The third-order valence-electron chi connectivity index (χ3n) is 2.09. The van der Waals surface area contributed by atoms with Gasteiger partial charge in [-0.25, -0.2) is 9.59 Å². The minimum atomic E-state index is -0.969. The molecule has 1 spiro atoms. The van der Waals surface area contributed by atoms with Crippen molar-refractivity contribution in [2.75, 3.05) is 19.6 Å². The molecule has 0 unspecified atom stereocenters. The van der Waals surface area contributed by atoms with Crippen LogP contribution in [0.1, 0.15) is 0 Å².